The number of hydrogen-bond donors (Lipinski definition) is 0. The van der Waals surface area contributed by atoms with E-state index in [9.17, 15) is 4.39 Å². The third-order valence-electron chi connectivity index (χ3n) is 19.4. The lowest BCUT2D eigenvalue weighted by atomic mass is 9.81. The molecular weight excluding hydrogens is 1200 g/mol. The van der Waals surface area contributed by atoms with Crippen molar-refractivity contribution in [2.45, 2.75) is 290 Å². The van der Waals surface area contributed by atoms with Crippen molar-refractivity contribution >= 4 is 0 Å². The van der Waals surface area contributed by atoms with Gasteiger partial charge in [-0.1, -0.05) is 227 Å². The van der Waals surface area contributed by atoms with Crippen molar-refractivity contribution in [1.82, 2.24) is 0 Å². The fourth-order valence-corrected chi connectivity index (χ4v) is 13.2. The molecule has 0 amide bonds. The Morgan fingerprint density at radius 3 is 1.32 bits per heavy atom. The van der Waals surface area contributed by atoms with Crippen LogP contribution >= 0.6 is 0 Å². The van der Waals surface area contributed by atoms with Crippen LogP contribution in [0.25, 0.3) is 0 Å². The van der Waals surface area contributed by atoms with Gasteiger partial charge in [0.05, 0.1) is 25.9 Å². The summed E-state index contributed by atoms with van der Waals surface area (Å²) in [6, 6.07) is 39.0. The zero-order valence-corrected chi connectivity index (χ0v) is 61.4. The Balaban J connectivity index is 0.000000599. The molecule has 8 heteroatoms. The van der Waals surface area contributed by atoms with Crippen LogP contribution in [0, 0.1) is 35.4 Å². The smallest absolute Gasteiger partial charge is 0.126 e. The van der Waals surface area contributed by atoms with Gasteiger partial charge in [-0.25, -0.2) is 4.39 Å². The molecule has 5 aliphatic heterocycles. The monoisotopic (exact) mass is 1350 g/mol. The van der Waals surface area contributed by atoms with E-state index in [2.05, 4.69) is 216 Å². The molecule has 0 radical (unpaired) electrons. The molecule has 0 aromatic heterocycles. The molecule has 552 valence electrons. The number of benzene rings is 5. The molecule has 10 rings (SSSR count). The van der Waals surface area contributed by atoms with Crippen molar-refractivity contribution in [1.29, 1.82) is 0 Å². The highest BCUT2D eigenvalue weighted by atomic mass is 19.1. The van der Waals surface area contributed by atoms with Gasteiger partial charge in [-0.2, -0.15) is 0 Å². The van der Waals surface area contributed by atoms with Crippen molar-refractivity contribution in [3.05, 3.63) is 165 Å². The number of hydrogen-bond acceptors (Lipinski definition) is 7. The van der Waals surface area contributed by atoms with Gasteiger partial charge < -0.3 is 33.2 Å². The summed E-state index contributed by atoms with van der Waals surface area (Å²) in [6.07, 6.45) is 16.4. The largest absolute Gasteiger partial charge is 0.497 e. The van der Waals surface area contributed by atoms with E-state index < -0.39 is 0 Å². The van der Waals surface area contributed by atoms with Crippen LogP contribution in [0.1, 0.15) is 276 Å². The van der Waals surface area contributed by atoms with Gasteiger partial charge in [-0.3, -0.25) is 0 Å². The van der Waals surface area contributed by atoms with Gasteiger partial charge in [0.1, 0.15) is 23.4 Å². The van der Waals surface area contributed by atoms with E-state index in [1.54, 1.807) is 13.2 Å². The molecule has 0 spiro atoms. The normalized spacial score (nSPS) is 18.3. The van der Waals surface area contributed by atoms with E-state index in [1.165, 1.54) is 95.9 Å². The van der Waals surface area contributed by atoms with Crippen LogP contribution in [-0.4, -0.2) is 78.3 Å². The SMILES string of the molecule is C.C.C.C.C.CC(C)(C)c1cc(CC2CCOCC2)ccc1F.CC(C)(C)c1ccc(OC2CCOCC2)cc1.CC(Cc1cccc(C(C)(C)C)c1)C1CCOCC1.CC1(C)CC(Cc2cccc(C(C)(C)C)c2)CCO1.COc1cc(CC2CCOCC2)cc(C(C)(C)C)c1. The molecule has 5 saturated heterocycles. The van der Waals surface area contributed by atoms with Crippen LogP contribution in [0.3, 0.4) is 0 Å². The van der Waals surface area contributed by atoms with Gasteiger partial charge in [-0.15, -0.1) is 0 Å². The molecule has 97 heavy (non-hydrogen) atoms. The number of halogens is 1. The lowest BCUT2D eigenvalue weighted by molar-refractivity contribution is -0.0721. The summed E-state index contributed by atoms with van der Waals surface area (Å²) in [5.74, 6) is 5.69. The fraction of sp³-hybridized carbons (Fsp3) is 0.663. The molecule has 5 fully saturated rings. The first-order valence-electron chi connectivity index (χ1n) is 35.6. The molecule has 5 aromatic carbocycles. The number of rotatable bonds is 12. The highest BCUT2D eigenvalue weighted by Crippen LogP contribution is 2.35. The van der Waals surface area contributed by atoms with Gasteiger partial charge >= 0.3 is 0 Å². The third-order valence-corrected chi connectivity index (χ3v) is 19.4. The summed E-state index contributed by atoms with van der Waals surface area (Å²) in [5.41, 5.74) is 12.8. The van der Waals surface area contributed by atoms with Crippen molar-refractivity contribution in [2.75, 3.05) is 66.6 Å². The fourth-order valence-electron chi connectivity index (χ4n) is 13.2. The van der Waals surface area contributed by atoms with Crippen LogP contribution < -0.4 is 9.47 Å². The lowest BCUT2D eigenvalue weighted by Gasteiger charge is -2.35. The molecule has 5 heterocycles. The van der Waals surface area contributed by atoms with E-state index >= 15 is 0 Å². The zero-order valence-electron chi connectivity index (χ0n) is 61.4. The molecule has 5 aliphatic rings. The Morgan fingerprint density at radius 1 is 0.423 bits per heavy atom. The Labute approximate surface area is 597 Å². The standard InChI is InChI=1S/2C18H28O.C17H26O2.C16H23FO.C15H22O2.5CH4/c1-17(2,3)16-8-6-7-14(12-16)11-15-9-10-19-18(4,5)13-15;1-14(16-8-10-19-11-9-16)12-15-6-5-7-17(13-15)18(2,3)4;1-17(2,3)15-10-14(11-16(12-15)18-4)9-13-5-7-19-8-6-13;1-16(2,3)14-11-13(4-5-15(14)17)10-12-6-8-18-9-7-12;1-15(2,3)12-4-6-13(7-5-12)17-14-8-10-16-11-9-14;;;;;/h6-8,12,15H,9-11,13H2,1-5H3;5-7,13-14,16H,8-12H2,1-4H3;10-13H,5-9H2,1-4H3;4-5,11-12H,6-10H2,1-3H3;4-7,14H,8-11H2,1-3H3;5*1H4. The average molecular weight is 1350 g/mol. The highest BCUT2D eigenvalue weighted by Gasteiger charge is 2.30. The van der Waals surface area contributed by atoms with Crippen molar-refractivity contribution in [3.63, 3.8) is 0 Å². The summed E-state index contributed by atoms with van der Waals surface area (Å²) in [7, 11) is 1.75. The summed E-state index contributed by atoms with van der Waals surface area (Å²) in [4.78, 5) is 0. The first-order valence-corrected chi connectivity index (χ1v) is 35.6. The molecule has 2 atom stereocenters. The van der Waals surface area contributed by atoms with Crippen molar-refractivity contribution in [2.24, 2.45) is 29.6 Å². The van der Waals surface area contributed by atoms with Crippen LogP contribution in [0.4, 0.5) is 4.39 Å². The summed E-state index contributed by atoms with van der Waals surface area (Å²) < 4.78 is 52.6. The number of ether oxygens (including phenoxy) is 7. The Morgan fingerprint density at radius 2 is 0.845 bits per heavy atom. The second kappa shape index (κ2) is 42.0. The molecule has 0 saturated carbocycles. The van der Waals surface area contributed by atoms with Crippen LogP contribution in [0.15, 0.2) is 109 Å². The maximum atomic E-state index is 13.8. The molecular formula is C89H147FO7. The Hall–Kier alpha value is -4.57. The van der Waals surface area contributed by atoms with Crippen molar-refractivity contribution in [3.8, 4) is 11.5 Å². The molecule has 2 unspecified atom stereocenters. The second-order valence-corrected chi connectivity index (χ2v) is 33.3. The van der Waals surface area contributed by atoms with E-state index in [-0.39, 0.29) is 75.6 Å². The zero-order chi connectivity index (χ0) is 67.3. The first kappa shape index (κ1) is 90.4. The van der Waals surface area contributed by atoms with Gasteiger partial charge in [-0.05, 0) is 228 Å². The van der Waals surface area contributed by atoms with Gasteiger partial charge in [0.15, 0.2) is 0 Å². The summed E-state index contributed by atoms with van der Waals surface area (Å²) in [6.45, 7) is 48.2. The quantitative estimate of drug-likeness (QED) is 0.123. The molecule has 0 bridgehead atoms. The summed E-state index contributed by atoms with van der Waals surface area (Å²) in [5, 5.41) is 0. The molecule has 0 N–H and O–H groups in total. The van der Waals surface area contributed by atoms with E-state index in [0.29, 0.717) is 12.0 Å². The number of methoxy groups -OCH3 is 1. The minimum absolute atomic E-state index is 0. The first-order chi connectivity index (χ1) is 43.2. The summed E-state index contributed by atoms with van der Waals surface area (Å²) >= 11 is 0. The Kier molecular flexibility index (Phi) is 39.2. The topological polar surface area (TPSA) is 64.6 Å². The predicted octanol–water partition coefficient (Wildman–Crippen LogP) is 24.1. The van der Waals surface area contributed by atoms with Crippen molar-refractivity contribution < 1.29 is 37.5 Å². The minimum Gasteiger partial charge on any atom is -0.497 e. The predicted molar refractivity (Wildman–Crippen MR) is 418 cm³/mol. The maximum Gasteiger partial charge on any atom is 0.126 e. The average Bonchev–Trinajstić information content (AvgIpc) is 0.855. The van der Waals surface area contributed by atoms with Crippen LogP contribution in [0.5, 0.6) is 11.5 Å². The van der Waals surface area contributed by atoms with E-state index in [4.69, 9.17) is 33.2 Å². The Bertz CT molecular complexity index is 2900. The highest BCUT2D eigenvalue weighted by molar-refractivity contribution is 5.38. The second-order valence-electron chi connectivity index (χ2n) is 33.3. The van der Waals surface area contributed by atoms with E-state index in [1.807, 2.05) is 12.1 Å². The lowest BCUT2D eigenvalue weighted by Crippen LogP contribution is -2.34. The van der Waals surface area contributed by atoms with E-state index in [0.717, 1.165) is 139 Å². The van der Waals surface area contributed by atoms with Gasteiger partial charge in [0.25, 0.3) is 0 Å². The molecule has 7 nitrogen and oxygen atoms in total. The molecule has 5 aromatic rings. The maximum absolute atomic E-state index is 13.8. The van der Waals surface area contributed by atoms with Crippen LogP contribution in [-0.2, 0) is 76.4 Å². The molecule has 0 aliphatic carbocycles. The van der Waals surface area contributed by atoms with Crippen LogP contribution in [0.2, 0.25) is 0 Å². The van der Waals surface area contributed by atoms with Gasteiger partial charge in [0.2, 0.25) is 0 Å². The third kappa shape index (κ3) is 32.3. The van der Waals surface area contributed by atoms with Gasteiger partial charge in [0, 0.05) is 59.1 Å². The minimum atomic E-state index is -0.129.